The molecule has 0 bridgehead atoms. The SMILES string of the molecule is CC(C)C(C)(F)S(=O)(=O)C(C)C. The summed E-state index contributed by atoms with van der Waals surface area (Å²) in [7, 11) is -3.64. The van der Waals surface area contributed by atoms with Crippen LogP contribution in [0.5, 0.6) is 0 Å². The van der Waals surface area contributed by atoms with Crippen molar-refractivity contribution < 1.29 is 12.8 Å². The van der Waals surface area contributed by atoms with E-state index in [1.54, 1.807) is 13.8 Å². The van der Waals surface area contributed by atoms with Crippen LogP contribution in [0.3, 0.4) is 0 Å². The summed E-state index contributed by atoms with van der Waals surface area (Å²) in [6, 6.07) is 0. The van der Waals surface area contributed by atoms with Gasteiger partial charge in [-0.25, -0.2) is 12.8 Å². The summed E-state index contributed by atoms with van der Waals surface area (Å²) < 4.78 is 36.5. The van der Waals surface area contributed by atoms with E-state index >= 15 is 0 Å². The topological polar surface area (TPSA) is 34.1 Å². The van der Waals surface area contributed by atoms with Crippen LogP contribution < -0.4 is 0 Å². The van der Waals surface area contributed by atoms with E-state index in [1.807, 2.05) is 0 Å². The zero-order valence-electron chi connectivity index (χ0n) is 8.26. The van der Waals surface area contributed by atoms with E-state index in [9.17, 15) is 12.8 Å². The van der Waals surface area contributed by atoms with Gasteiger partial charge in [-0.15, -0.1) is 0 Å². The van der Waals surface area contributed by atoms with Crippen molar-refractivity contribution in [2.45, 2.75) is 44.9 Å². The van der Waals surface area contributed by atoms with Crippen LogP contribution in [0.1, 0.15) is 34.6 Å². The number of rotatable bonds is 3. The fourth-order valence-electron chi connectivity index (χ4n) is 0.789. The number of hydrogen-bond acceptors (Lipinski definition) is 2. The zero-order valence-corrected chi connectivity index (χ0v) is 9.07. The van der Waals surface area contributed by atoms with Gasteiger partial charge in [0.25, 0.3) is 0 Å². The molecule has 0 aliphatic rings. The van der Waals surface area contributed by atoms with Gasteiger partial charge in [0.15, 0.2) is 9.84 Å². The molecule has 12 heavy (non-hydrogen) atoms. The molecular formula is C8H17FO2S. The molecule has 0 N–H and O–H groups in total. The molecule has 0 saturated heterocycles. The normalized spacial score (nSPS) is 18.3. The average molecular weight is 196 g/mol. The van der Waals surface area contributed by atoms with E-state index in [4.69, 9.17) is 0 Å². The second kappa shape index (κ2) is 3.32. The summed E-state index contributed by atoms with van der Waals surface area (Å²) >= 11 is 0. The first-order valence-corrected chi connectivity index (χ1v) is 5.61. The van der Waals surface area contributed by atoms with E-state index in [-0.39, 0.29) is 0 Å². The summed E-state index contributed by atoms with van der Waals surface area (Å²) in [6.45, 7) is 7.26. The Hall–Kier alpha value is -0.120. The number of hydrogen-bond donors (Lipinski definition) is 0. The predicted octanol–water partition coefficient (Wildman–Crippen LogP) is 2.15. The summed E-state index contributed by atoms with van der Waals surface area (Å²) in [5.74, 6) is -0.509. The minimum Gasteiger partial charge on any atom is -0.226 e. The maximum atomic E-state index is 13.7. The van der Waals surface area contributed by atoms with E-state index < -0.39 is 26.0 Å². The highest BCUT2D eigenvalue weighted by Gasteiger charge is 2.43. The molecule has 1 atom stereocenters. The molecule has 0 aromatic heterocycles. The minimum atomic E-state index is -3.64. The molecule has 0 fully saturated rings. The lowest BCUT2D eigenvalue weighted by Gasteiger charge is -2.26. The summed E-state index contributed by atoms with van der Waals surface area (Å²) in [5.41, 5.74) is 0. The lowest BCUT2D eigenvalue weighted by molar-refractivity contribution is 0.217. The molecule has 0 aliphatic heterocycles. The Morgan fingerprint density at radius 1 is 1.17 bits per heavy atom. The standard InChI is InChI=1S/C8H17FO2S/c1-6(2)8(5,9)12(10,11)7(3)4/h6-7H,1-5H3. The van der Waals surface area contributed by atoms with E-state index in [0.717, 1.165) is 6.92 Å². The molecule has 2 nitrogen and oxygen atoms in total. The van der Waals surface area contributed by atoms with Crippen molar-refractivity contribution in [3.8, 4) is 0 Å². The molecule has 0 amide bonds. The van der Waals surface area contributed by atoms with E-state index in [2.05, 4.69) is 0 Å². The Kier molecular flexibility index (Phi) is 3.29. The van der Waals surface area contributed by atoms with Crippen molar-refractivity contribution in [2.75, 3.05) is 0 Å². The second-order valence-electron chi connectivity index (χ2n) is 3.73. The van der Waals surface area contributed by atoms with Gasteiger partial charge in [0, 0.05) is 5.92 Å². The van der Waals surface area contributed by atoms with Crippen LogP contribution >= 0.6 is 0 Å². The minimum absolute atomic E-state index is 0.509. The smallest absolute Gasteiger partial charge is 0.210 e. The van der Waals surface area contributed by atoms with Crippen LogP contribution in [0.4, 0.5) is 4.39 Å². The quantitative estimate of drug-likeness (QED) is 0.693. The van der Waals surface area contributed by atoms with Crippen LogP contribution in [-0.2, 0) is 9.84 Å². The molecule has 0 heterocycles. The van der Waals surface area contributed by atoms with Crippen molar-refractivity contribution in [2.24, 2.45) is 5.92 Å². The first-order valence-electron chi connectivity index (χ1n) is 4.06. The molecule has 4 heteroatoms. The van der Waals surface area contributed by atoms with Crippen molar-refractivity contribution >= 4 is 9.84 Å². The highest BCUT2D eigenvalue weighted by molar-refractivity contribution is 7.93. The molecule has 0 saturated carbocycles. The van der Waals surface area contributed by atoms with Crippen LogP contribution in [0, 0.1) is 5.92 Å². The summed E-state index contributed by atoms with van der Waals surface area (Å²) in [5, 5.41) is -2.77. The molecular weight excluding hydrogens is 179 g/mol. The van der Waals surface area contributed by atoms with Gasteiger partial charge in [0.2, 0.25) is 5.00 Å². The molecule has 0 aliphatic carbocycles. The Labute approximate surface area is 74.1 Å². The monoisotopic (exact) mass is 196 g/mol. The van der Waals surface area contributed by atoms with Crippen LogP contribution in [-0.4, -0.2) is 18.7 Å². The average Bonchev–Trinajstić information content (AvgIpc) is 1.86. The lowest BCUT2D eigenvalue weighted by atomic mass is 10.1. The van der Waals surface area contributed by atoms with Crippen molar-refractivity contribution in [1.29, 1.82) is 0 Å². The lowest BCUT2D eigenvalue weighted by Crippen LogP contribution is -2.40. The summed E-state index contributed by atoms with van der Waals surface area (Å²) in [6.07, 6.45) is 0. The van der Waals surface area contributed by atoms with Crippen molar-refractivity contribution in [1.82, 2.24) is 0 Å². The largest absolute Gasteiger partial charge is 0.226 e. The van der Waals surface area contributed by atoms with Crippen molar-refractivity contribution in [3.63, 3.8) is 0 Å². The highest BCUT2D eigenvalue weighted by atomic mass is 32.2. The van der Waals surface area contributed by atoms with Crippen LogP contribution in [0.2, 0.25) is 0 Å². The molecule has 0 radical (unpaired) electrons. The van der Waals surface area contributed by atoms with Crippen molar-refractivity contribution in [3.05, 3.63) is 0 Å². The van der Waals surface area contributed by atoms with Crippen LogP contribution in [0.25, 0.3) is 0 Å². The predicted molar refractivity (Wildman–Crippen MR) is 48.4 cm³/mol. The molecule has 0 aromatic rings. The van der Waals surface area contributed by atoms with Gasteiger partial charge in [-0.05, 0) is 20.8 Å². The van der Waals surface area contributed by atoms with E-state index in [1.165, 1.54) is 13.8 Å². The Balaban J connectivity index is 5.04. The maximum absolute atomic E-state index is 13.7. The number of sulfone groups is 1. The molecule has 74 valence electrons. The Morgan fingerprint density at radius 3 is 1.58 bits per heavy atom. The number of alkyl halides is 1. The Morgan fingerprint density at radius 2 is 1.50 bits per heavy atom. The van der Waals surface area contributed by atoms with Gasteiger partial charge in [0.1, 0.15) is 0 Å². The van der Waals surface area contributed by atoms with E-state index in [0.29, 0.717) is 0 Å². The fourth-order valence-corrected chi connectivity index (χ4v) is 2.37. The van der Waals surface area contributed by atoms with Gasteiger partial charge in [-0.1, -0.05) is 13.8 Å². The molecule has 0 spiro atoms. The van der Waals surface area contributed by atoms with Gasteiger partial charge in [-0.2, -0.15) is 0 Å². The van der Waals surface area contributed by atoms with Crippen LogP contribution in [0.15, 0.2) is 0 Å². The molecule has 0 rings (SSSR count). The van der Waals surface area contributed by atoms with Gasteiger partial charge in [0.05, 0.1) is 5.25 Å². The highest BCUT2D eigenvalue weighted by Crippen LogP contribution is 2.30. The van der Waals surface area contributed by atoms with Gasteiger partial charge < -0.3 is 0 Å². The first kappa shape index (κ1) is 11.9. The van der Waals surface area contributed by atoms with Gasteiger partial charge >= 0.3 is 0 Å². The zero-order chi connectivity index (χ0) is 10.2. The third kappa shape index (κ3) is 1.79. The van der Waals surface area contributed by atoms with Gasteiger partial charge in [-0.3, -0.25) is 0 Å². The summed E-state index contributed by atoms with van der Waals surface area (Å²) in [4.78, 5) is 0. The number of halogens is 1. The third-order valence-electron chi connectivity index (χ3n) is 2.21. The third-order valence-corrected chi connectivity index (χ3v) is 5.03. The first-order chi connectivity index (χ1) is 5.14. The molecule has 1 unspecified atom stereocenters. The molecule has 0 aromatic carbocycles. The maximum Gasteiger partial charge on any atom is 0.210 e. The fraction of sp³-hybridized carbons (Fsp3) is 1.00. The second-order valence-corrected chi connectivity index (χ2v) is 6.57. The Bertz CT molecular complexity index is 240.